The molecule has 0 N–H and O–H groups in total. The van der Waals surface area contributed by atoms with E-state index in [1.54, 1.807) is 19.1 Å². The fourth-order valence-electron chi connectivity index (χ4n) is 3.92. The number of likely N-dealkylation sites (N-methyl/N-ethyl adjacent to an activating group) is 1. The van der Waals surface area contributed by atoms with E-state index in [9.17, 15) is 9.59 Å². The second kappa shape index (κ2) is 6.37. The molecule has 124 valence electrons. The molecule has 3 saturated heterocycles. The highest BCUT2D eigenvalue weighted by atomic mass is 32.2. The number of urea groups is 1. The van der Waals surface area contributed by atoms with Crippen LogP contribution >= 0.6 is 11.8 Å². The maximum atomic E-state index is 12.7. The number of imide groups is 1. The molecule has 1 atom stereocenters. The Morgan fingerprint density at radius 2 is 2.05 bits per heavy atom. The number of rotatable bonds is 4. The van der Waals surface area contributed by atoms with Gasteiger partial charge in [0.2, 0.25) is 0 Å². The van der Waals surface area contributed by atoms with Gasteiger partial charge in [0.15, 0.2) is 0 Å². The summed E-state index contributed by atoms with van der Waals surface area (Å²) in [6, 6.07) is 0.478. The van der Waals surface area contributed by atoms with Crippen molar-refractivity contribution in [3.63, 3.8) is 0 Å². The third kappa shape index (κ3) is 2.53. The van der Waals surface area contributed by atoms with Crippen molar-refractivity contribution < 1.29 is 14.3 Å². The third-order valence-corrected chi connectivity index (χ3v) is 6.45. The summed E-state index contributed by atoms with van der Waals surface area (Å²) in [6.07, 6.45) is 2.73. The Kier molecular flexibility index (Phi) is 4.66. The monoisotopic (exact) mass is 327 g/mol. The van der Waals surface area contributed by atoms with Crippen molar-refractivity contribution in [2.75, 3.05) is 51.9 Å². The molecule has 22 heavy (non-hydrogen) atoms. The lowest BCUT2D eigenvalue weighted by Gasteiger charge is -2.43. The number of piperidine rings is 1. The maximum Gasteiger partial charge on any atom is 0.327 e. The molecule has 0 aliphatic carbocycles. The fourth-order valence-corrected chi connectivity index (χ4v) is 5.18. The van der Waals surface area contributed by atoms with Crippen LogP contribution in [0.2, 0.25) is 0 Å². The maximum absolute atomic E-state index is 12.7. The molecule has 3 fully saturated rings. The molecule has 3 heterocycles. The Labute approximate surface area is 136 Å². The van der Waals surface area contributed by atoms with E-state index in [4.69, 9.17) is 4.74 Å². The summed E-state index contributed by atoms with van der Waals surface area (Å²) in [6.45, 7) is 2.77. The molecule has 0 aromatic heterocycles. The van der Waals surface area contributed by atoms with E-state index in [0.717, 1.165) is 25.9 Å². The van der Waals surface area contributed by atoms with Crippen molar-refractivity contribution in [2.45, 2.75) is 30.8 Å². The topological polar surface area (TPSA) is 53.1 Å². The summed E-state index contributed by atoms with van der Waals surface area (Å²) >= 11 is 2.01. The summed E-state index contributed by atoms with van der Waals surface area (Å²) in [7, 11) is 3.22. The van der Waals surface area contributed by atoms with Gasteiger partial charge in [0.25, 0.3) is 5.91 Å². The molecule has 7 heteroatoms. The predicted octanol–water partition coefficient (Wildman–Crippen LogP) is 0.867. The summed E-state index contributed by atoms with van der Waals surface area (Å²) < 4.78 is 5.12. The molecule has 0 aromatic rings. The van der Waals surface area contributed by atoms with Gasteiger partial charge in [-0.2, -0.15) is 11.8 Å². The zero-order valence-corrected chi connectivity index (χ0v) is 14.2. The summed E-state index contributed by atoms with van der Waals surface area (Å²) in [5, 5.41) is 0. The molecule has 1 unspecified atom stereocenters. The molecule has 0 saturated carbocycles. The van der Waals surface area contributed by atoms with Gasteiger partial charge in [0.05, 0.1) is 6.61 Å². The average Bonchev–Trinajstić information content (AvgIpc) is 3.12. The number of amides is 3. The van der Waals surface area contributed by atoms with Crippen LogP contribution in [0.1, 0.15) is 19.3 Å². The number of thioether (sulfide) groups is 1. The van der Waals surface area contributed by atoms with Crippen molar-refractivity contribution in [1.29, 1.82) is 0 Å². The summed E-state index contributed by atoms with van der Waals surface area (Å²) in [4.78, 5) is 30.6. The van der Waals surface area contributed by atoms with Crippen molar-refractivity contribution in [3.8, 4) is 0 Å². The zero-order valence-electron chi connectivity index (χ0n) is 13.4. The molecular weight excluding hydrogens is 302 g/mol. The van der Waals surface area contributed by atoms with E-state index in [1.807, 2.05) is 11.8 Å². The normalized spacial score (nSPS) is 29.1. The number of ether oxygens (including phenoxy) is 1. The van der Waals surface area contributed by atoms with E-state index in [-0.39, 0.29) is 11.9 Å². The lowest BCUT2D eigenvalue weighted by atomic mass is 9.85. The minimum absolute atomic E-state index is 0.0333. The lowest BCUT2D eigenvalue weighted by Crippen LogP contribution is -2.58. The first-order valence-corrected chi connectivity index (χ1v) is 9.16. The van der Waals surface area contributed by atoms with Crippen LogP contribution in [-0.2, 0) is 9.53 Å². The highest BCUT2D eigenvalue weighted by molar-refractivity contribution is 7.99. The quantitative estimate of drug-likeness (QED) is 0.717. The van der Waals surface area contributed by atoms with E-state index in [1.165, 1.54) is 22.8 Å². The minimum atomic E-state index is -0.632. The van der Waals surface area contributed by atoms with Crippen molar-refractivity contribution in [2.24, 2.45) is 0 Å². The number of hydrogen-bond donors (Lipinski definition) is 0. The van der Waals surface area contributed by atoms with E-state index < -0.39 is 5.54 Å². The molecule has 0 radical (unpaired) electrons. The van der Waals surface area contributed by atoms with Crippen LogP contribution in [0.5, 0.6) is 0 Å². The van der Waals surface area contributed by atoms with Crippen LogP contribution in [0.3, 0.4) is 0 Å². The molecule has 0 bridgehead atoms. The minimum Gasteiger partial charge on any atom is -0.383 e. The van der Waals surface area contributed by atoms with Crippen molar-refractivity contribution >= 4 is 23.7 Å². The first kappa shape index (κ1) is 16.1. The number of methoxy groups -OCH3 is 1. The standard InChI is InChI=1S/C15H25N3O3S/c1-16-13(19)15(18(14(16)20)8-9-21-2)4-6-17(7-5-15)12-3-10-22-11-12/h12H,3-11H2,1-2H3. The second-order valence-electron chi connectivity index (χ2n) is 6.38. The SMILES string of the molecule is COCCN1C(=O)N(C)C(=O)C12CCN(C1CCSC1)CC2. The van der Waals surface area contributed by atoms with Gasteiger partial charge < -0.3 is 9.64 Å². The zero-order chi connectivity index (χ0) is 15.7. The second-order valence-corrected chi connectivity index (χ2v) is 7.53. The van der Waals surface area contributed by atoms with Gasteiger partial charge in [-0.3, -0.25) is 14.6 Å². The molecule has 3 aliphatic heterocycles. The highest BCUT2D eigenvalue weighted by Gasteiger charge is 2.56. The van der Waals surface area contributed by atoms with Gasteiger partial charge in [0.1, 0.15) is 5.54 Å². The van der Waals surface area contributed by atoms with Crippen LogP contribution in [0.25, 0.3) is 0 Å². The molecule has 3 rings (SSSR count). The smallest absolute Gasteiger partial charge is 0.327 e. The van der Waals surface area contributed by atoms with Crippen molar-refractivity contribution in [3.05, 3.63) is 0 Å². The van der Waals surface area contributed by atoms with Crippen LogP contribution in [0, 0.1) is 0 Å². The molecule has 0 aromatic carbocycles. The first-order chi connectivity index (χ1) is 10.6. The van der Waals surface area contributed by atoms with Gasteiger partial charge in [-0.25, -0.2) is 4.79 Å². The van der Waals surface area contributed by atoms with Gasteiger partial charge in [-0.15, -0.1) is 0 Å². The molecule has 3 aliphatic rings. The largest absolute Gasteiger partial charge is 0.383 e. The van der Waals surface area contributed by atoms with Gasteiger partial charge in [-0.05, 0) is 25.0 Å². The van der Waals surface area contributed by atoms with Gasteiger partial charge in [-0.1, -0.05) is 0 Å². The third-order valence-electron chi connectivity index (χ3n) is 5.30. The number of likely N-dealkylation sites (tertiary alicyclic amines) is 1. The Hall–Kier alpha value is -0.790. The van der Waals surface area contributed by atoms with E-state index in [0.29, 0.717) is 19.2 Å². The van der Waals surface area contributed by atoms with Gasteiger partial charge in [0, 0.05) is 45.6 Å². The molecule has 1 spiro atoms. The van der Waals surface area contributed by atoms with Crippen LogP contribution in [0.4, 0.5) is 4.79 Å². The van der Waals surface area contributed by atoms with Crippen LogP contribution in [-0.4, -0.2) is 90.1 Å². The Morgan fingerprint density at radius 1 is 1.32 bits per heavy atom. The summed E-state index contributed by atoms with van der Waals surface area (Å²) in [5.41, 5.74) is -0.632. The Balaban J connectivity index is 1.73. The average molecular weight is 327 g/mol. The van der Waals surface area contributed by atoms with E-state index >= 15 is 0 Å². The van der Waals surface area contributed by atoms with Crippen molar-refractivity contribution in [1.82, 2.24) is 14.7 Å². The number of carbonyl (C=O) groups excluding carboxylic acids is 2. The molecule has 3 amide bonds. The van der Waals surface area contributed by atoms with Crippen LogP contribution in [0.15, 0.2) is 0 Å². The molecule has 6 nitrogen and oxygen atoms in total. The van der Waals surface area contributed by atoms with Crippen LogP contribution < -0.4 is 0 Å². The van der Waals surface area contributed by atoms with E-state index in [2.05, 4.69) is 4.90 Å². The fraction of sp³-hybridized carbons (Fsp3) is 0.867. The first-order valence-electron chi connectivity index (χ1n) is 8.00. The summed E-state index contributed by atoms with van der Waals surface area (Å²) in [5.74, 6) is 2.41. The number of hydrogen-bond acceptors (Lipinski definition) is 5. The number of nitrogens with zero attached hydrogens (tertiary/aromatic N) is 3. The Bertz CT molecular complexity index is 445. The highest BCUT2D eigenvalue weighted by Crippen LogP contribution is 2.38. The molecular formula is C15H25N3O3S. The Morgan fingerprint density at radius 3 is 2.64 bits per heavy atom. The predicted molar refractivity (Wildman–Crippen MR) is 86.0 cm³/mol. The number of carbonyl (C=O) groups is 2. The lowest BCUT2D eigenvalue weighted by molar-refractivity contribution is -0.135. The van der Waals surface area contributed by atoms with Gasteiger partial charge >= 0.3 is 6.03 Å².